The quantitative estimate of drug-likeness (QED) is 0.693. The smallest absolute Gasteiger partial charge is 0.277 e. The van der Waals surface area contributed by atoms with E-state index in [0.29, 0.717) is 17.5 Å². The van der Waals surface area contributed by atoms with Gasteiger partial charge in [0.15, 0.2) is 0 Å². The van der Waals surface area contributed by atoms with Crippen LogP contribution in [0.2, 0.25) is 0 Å². The lowest BCUT2D eigenvalue weighted by molar-refractivity contribution is -0.134. The first kappa shape index (κ1) is 21.2. The van der Waals surface area contributed by atoms with Gasteiger partial charge in [-0.1, -0.05) is 32.5 Å². The van der Waals surface area contributed by atoms with E-state index in [4.69, 9.17) is 4.42 Å². The summed E-state index contributed by atoms with van der Waals surface area (Å²) in [5.74, 6) is 0.903. The lowest BCUT2D eigenvalue weighted by Crippen LogP contribution is -2.49. The Hall–Kier alpha value is -2.55. The van der Waals surface area contributed by atoms with Crippen LogP contribution in [-0.4, -0.2) is 58.8 Å². The summed E-state index contributed by atoms with van der Waals surface area (Å²) in [5.41, 5.74) is 1.83. The fourth-order valence-corrected chi connectivity index (χ4v) is 3.65. The summed E-state index contributed by atoms with van der Waals surface area (Å²) in [6.07, 6.45) is 0.676. The molecule has 1 fully saturated rings. The number of anilines is 2. The fraction of sp³-hybridized carbons (Fsp3) is 0.500. The number of thioether (sulfide) groups is 1. The zero-order chi connectivity index (χ0) is 20.8. The van der Waals surface area contributed by atoms with Gasteiger partial charge >= 0.3 is 0 Å². The maximum atomic E-state index is 12.1. The Morgan fingerprint density at radius 2 is 1.83 bits per heavy atom. The molecule has 1 N–H and O–H groups in total. The minimum Gasteiger partial charge on any atom is -0.416 e. The lowest BCUT2D eigenvalue weighted by Gasteiger charge is -2.37. The van der Waals surface area contributed by atoms with E-state index in [1.807, 2.05) is 49.9 Å². The predicted octanol–water partition coefficient (Wildman–Crippen LogP) is 2.67. The van der Waals surface area contributed by atoms with Crippen LogP contribution < -0.4 is 10.2 Å². The van der Waals surface area contributed by atoms with Gasteiger partial charge in [0.05, 0.1) is 5.75 Å². The Morgan fingerprint density at radius 1 is 1.14 bits per heavy atom. The Kier molecular flexibility index (Phi) is 7.13. The molecular weight excluding hydrogens is 390 g/mol. The molecule has 3 rings (SSSR count). The predicted molar refractivity (Wildman–Crippen MR) is 113 cm³/mol. The normalized spacial score (nSPS) is 14.3. The number of amides is 2. The second-order valence-electron chi connectivity index (χ2n) is 7.17. The number of carbonyl (C=O) groups is 2. The number of nitrogens with one attached hydrogen (secondary N) is 1. The van der Waals surface area contributed by atoms with Crippen molar-refractivity contribution in [3.63, 3.8) is 0 Å². The molecule has 8 nitrogen and oxygen atoms in total. The number of hydrogen-bond acceptors (Lipinski definition) is 7. The standard InChI is InChI=1S/C20H27N5O3S/c1-4-18-22-23-20(28-18)29-13-17(26)21-15-5-7-16(8-6-15)24-9-11-25(12-10-24)19(27)14(2)3/h5-8,14H,4,9-13H2,1-3H3,(H,21,26). The largest absolute Gasteiger partial charge is 0.416 e. The molecule has 0 spiro atoms. The third kappa shape index (κ3) is 5.72. The van der Waals surface area contributed by atoms with Crippen LogP contribution >= 0.6 is 11.8 Å². The number of hydrogen-bond donors (Lipinski definition) is 1. The van der Waals surface area contributed by atoms with Crippen LogP contribution in [0.3, 0.4) is 0 Å². The lowest BCUT2D eigenvalue weighted by atomic mass is 10.1. The molecule has 1 aromatic carbocycles. The molecule has 1 aliphatic heterocycles. The van der Waals surface area contributed by atoms with Crippen molar-refractivity contribution in [2.24, 2.45) is 5.92 Å². The second kappa shape index (κ2) is 9.78. The number of benzene rings is 1. The Labute approximate surface area is 175 Å². The molecule has 0 aliphatic carbocycles. The maximum absolute atomic E-state index is 12.1. The molecule has 1 aromatic heterocycles. The molecule has 1 saturated heterocycles. The number of nitrogens with zero attached hydrogens (tertiary/aromatic N) is 4. The number of rotatable bonds is 7. The van der Waals surface area contributed by atoms with Gasteiger partial charge in [-0.05, 0) is 24.3 Å². The van der Waals surface area contributed by atoms with Crippen molar-refractivity contribution in [2.45, 2.75) is 32.4 Å². The summed E-state index contributed by atoms with van der Waals surface area (Å²) in [4.78, 5) is 28.4. The van der Waals surface area contributed by atoms with Gasteiger partial charge in [0.2, 0.25) is 17.7 Å². The first-order valence-corrected chi connectivity index (χ1v) is 10.8. The molecule has 2 amide bonds. The van der Waals surface area contributed by atoms with Crippen LogP contribution in [-0.2, 0) is 16.0 Å². The molecule has 0 bridgehead atoms. The fourth-order valence-electron chi connectivity index (χ4n) is 3.07. The minimum absolute atomic E-state index is 0.0381. The summed E-state index contributed by atoms with van der Waals surface area (Å²) >= 11 is 1.22. The Morgan fingerprint density at radius 3 is 2.41 bits per heavy atom. The summed E-state index contributed by atoms with van der Waals surface area (Å²) in [5, 5.41) is 11.1. The first-order chi connectivity index (χ1) is 14.0. The minimum atomic E-state index is -0.125. The molecule has 0 unspecified atom stereocenters. The van der Waals surface area contributed by atoms with E-state index in [-0.39, 0.29) is 23.5 Å². The van der Waals surface area contributed by atoms with Gasteiger partial charge in [0, 0.05) is 49.9 Å². The van der Waals surface area contributed by atoms with Gasteiger partial charge in [-0.15, -0.1) is 10.2 Å². The summed E-state index contributed by atoms with van der Waals surface area (Å²) in [6, 6.07) is 7.78. The highest BCUT2D eigenvalue weighted by molar-refractivity contribution is 7.99. The maximum Gasteiger partial charge on any atom is 0.277 e. The van der Waals surface area contributed by atoms with Crippen molar-refractivity contribution >= 4 is 35.0 Å². The average Bonchev–Trinajstić information content (AvgIpc) is 3.20. The van der Waals surface area contributed by atoms with Gasteiger partial charge in [-0.2, -0.15) is 0 Å². The molecule has 29 heavy (non-hydrogen) atoms. The van der Waals surface area contributed by atoms with Crippen LogP contribution in [0.25, 0.3) is 0 Å². The van der Waals surface area contributed by atoms with E-state index >= 15 is 0 Å². The van der Waals surface area contributed by atoms with Crippen molar-refractivity contribution in [3.8, 4) is 0 Å². The molecule has 1 aliphatic rings. The van der Waals surface area contributed by atoms with E-state index < -0.39 is 0 Å². The van der Waals surface area contributed by atoms with E-state index in [9.17, 15) is 9.59 Å². The molecular formula is C20H27N5O3S. The molecule has 0 radical (unpaired) electrons. The van der Waals surface area contributed by atoms with Gasteiger partial charge in [0.1, 0.15) is 0 Å². The Bertz CT molecular complexity index is 829. The molecule has 156 valence electrons. The summed E-state index contributed by atoms with van der Waals surface area (Å²) < 4.78 is 5.38. The van der Waals surface area contributed by atoms with Crippen molar-refractivity contribution in [3.05, 3.63) is 30.2 Å². The number of aryl methyl sites for hydroxylation is 1. The van der Waals surface area contributed by atoms with Crippen LogP contribution in [0.1, 0.15) is 26.7 Å². The van der Waals surface area contributed by atoms with Gasteiger partial charge in [-0.3, -0.25) is 9.59 Å². The molecule has 2 aromatic rings. The van der Waals surface area contributed by atoms with Crippen LogP contribution in [0, 0.1) is 5.92 Å². The first-order valence-electron chi connectivity index (χ1n) is 9.85. The highest BCUT2D eigenvalue weighted by Crippen LogP contribution is 2.21. The zero-order valence-electron chi connectivity index (χ0n) is 17.1. The SMILES string of the molecule is CCc1nnc(SCC(=O)Nc2ccc(N3CCN(C(=O)C(C)C)CC3)cc2)o1. The van der Waals surface area contributed by atoms with Gasteiger partial charge in [-0.25, -0.2) is 0 Å². The van der Waals surface area contributed by atoms with E-state index in [1.54, 1.807) is 0 Å². The third-order valence-corrected chi connectivity index (χ3v) is 5.50. The topological polar surface area (TPSA) is 91.6 Å². The zero-order valence-corrected chi connectivity index (χ0v) is 17.9. The van der Waals surface area contributed by atoms with E-state index in [1.165, 1.54) is 11.8 Å². The van der Waals surface area contributed by atoms with Gasteiger partial charge < -0.3 is 19.5 Å². The molecule has 0 atom stereocenters. The molecule has 9 heteroatoms. The van der Waals surface area contributed by atoms with Crippen LogP contribution in [0.15, 0.2) is 33.9 Å². The van der Waals surface area contributed by atoms with E-state index in [0.717, 1.165) is 37.6 Å². The van der Waals surface area contributed by atoms with Crippen LogP contribution in [0.5, 0.6) is 0 Å². The number of piperazine rings is 1. The van der Waals surface area contributed by atoms with Crippen molar-refractivity contribution in [2.75, 3.05) is 42.1 Å². The average molecular weight is 418 g/mol. The summed E-state index contributed by atoms with van der Waals surface area (Å²) in [7, 11) is 0. The number of aromatic nitrogens is 2. The van der Waals surface area contributed by atoms with Crippen molar-refractivity contribution in [1.29, 1.82) is 0 Å². The molecule has 0 saturated carbocycles. The molecule has 2 heterocycles. The van der Waals surface area contributed by atoms with Crippen LogP contribution in [0.4, 0.5) is 11.4 Å². The van der Waals surface area contributed by atoms with E-state index in [2.05, 4.69) is 20.4 Å². The van der Waals surface area contributed by atoms with Crippen molar-refractivity contribution in [1.82, 2.24) is 15.1 Å². The Balaban J connectivity index is 1.46. The summed E-state index contributed by atoms with van der Waals surface area (Å²) in [6.45, 7) is 8.90. The third-order valence-electron chi connectivity index (χ3n) is 4.68. The van der Waals surface area contributed by atoms with Crippen molar-refractivity contribution < 1.29 is 14.0 Å². The second-order valence-corrected chi connectivity index (χ2v) is 8.09. The van der Waals surface area contributed by atoms with Gasteiger partial charge in [0.25, 0.3) is 5.22 Å². The highest BCUT2D eigenvalue weighted by Gasteiger charge is 2.22. The number of carbonyl (C=O) groups excluding carboxylic acids is 2. The monoisotopic (exact) mass is 417 g/mol. The highest BCUT2D eigenvalue weighted by atomic mass is 32.2.